The molecule has 1 aromatic carbocycles. The van der Waals surface area contributed by atoms with Gasteiger partial charge in [-0.15, -0.1) is 0 Å². The van der Waals surface area contributed by atoms with Crippen molar-refractivity contribution in [1.29, 1.82) is 0 Å². The minimum atomic E-state index is -3.46. The van der Waals surface area contributed by atoms with Gasteiger partial charge in [-0.3, -0.25) is 0 Å². The van der Waals surface area contributed by atoms with E-state index in [1.165, 1.54) is 0 Å². The molecule has 0 spiro atoms. The van der Waals surface area contributed by atoms with E-state index in [-0.39, 0.29) is 0 Å². The van der Waals surface area contributed by atoms with Gasteiger partial charge >= 0.3 is 11.9 Å². The SMILES string of the molecule is O=C1O[C@H]2[C@@H](O)[C@@H](O)OC[C@H]2OC(=O)c2cc(O)c(O)c3c2[C@@H]2C1=C[C@H](O)[C@](O)(O3)C2(O)O. The first-order chi connectivity index (χ1) is 15.4. The number of aliphatic hydroxyl groups excluding tert-OH is 3. The summed E-state index contributed by atoms with van der Waals surface area (Å²) < 4.78 is 20.4. The molecule has 1 fully saturated rings. The van der Waals surface area contributed by atoms with E-state index < -0.39 is 101 Å². The van der Waals surface area contributed by atoms with Gasteiger partial charge in [-0.25, -0.2) is 9.59 Å². The summed E-state index contributed by atoms with van der Waals surface area (Å²) in [6, 6.07) is 0.708. The van der Waals surface area contributed by atoms with E-state index in [2.05, 4.69) is 0 Å². The Morgan fingerprint density at radius 2 is 1.70 bits per heavy atom. The van der Waals surface area contributed by atoms with Crippen molar-refractivity contribution < 1.29 is 69.4 Å². The zero-order valence-corrected chi connectivity index (χ0v) is 16.4. The first kappa shape index (κ1) is 21.8. The van der Waals surface area contributed by atoms with Crippen molar-refractivity contribution in [2.75, 3.05) is 6.61 Å². The average molecular weight is 470 g/mol. The van der Waals surface area contributed by atoms with E-state index in [9.17, 15) is 50.4 Å². The van der Waals surface area contributed by atoms with Crippen molar-refractivity contribution in [2.24, 2.45) is 0 Å². The molecule has 3 heterocycles. The van der Waals surface area contributed by atoms with Gasteiger partial charge in [-0.05, 0) is 12.1 Å². The average Bonchev–Trinajstić information content (AvgIpc) is 2.74. The zero-order valence-electron chi connectivity index (χ0n) is 16.4. The fourth-order valence-electron chi connectivity index (χ4n) is 4.47. The summed E-state index contributed by atoms with van der Waals surface area (Å²) in [6.07, 6.45) is -8.40. The molecule has 1 saturated heterocycles. The van der Waals surface area contributed by atoms with Crippen LogP contribution in [0.1, 0.15) is 21.8 Å². The molecule has 7 atom stereocenters. The van der Waals surface area contributed by atoms with Gasteiger partial charge in [0, 0.05) is 11.1 Å². The Kier molecular flexibility index (Phi) is 4.48. The molecule has 0 unspecified atom stereocenters. The fourth-order valence-corrected chi connectivity index (χ4v) is 4.47. The molecule has 1 aromatic rings. The van der Waals surface area contributed by atoms with Crippen LogP contribution in [0.2, 0.25) is 0 Å². The third-order valence-electron chi connectivity index (χ3n) is 6.18. The predicted molar refractivity (Wildman–Crippen MR) is 96.4 cm³/mol. The minimum absolute atomic E-state index is 0.514. The molecular weight excluding hydrogens is 452 g/mol. The molecule has 14 nitrogen and oxygen atoms in total. The summed E-state index contributed by atoms with van der Waals surface area (Å²) in [5, 5.41) is 83.1. The van der Waals surface area contributed by atoms with E-state index in [1.54, 1.807) is 0 Å². The number of carbonyl (C=O) groups excluding carboxylic acids is 2. The lowest BCUT2D eigenvalue weighted by atomic mass is 9.69. The Labute approximate surface area is 183 Å². The summed E-state index contributed by atoms with van der Waals surface area (Å²) in [4.78, 5) is 26.1. The summed E-state index contributed by atoms with van der Waals surface area (Å²) in [6.45, 7) is -0.514. The number of aliphatic hydroxyl groups is 6. The lowest BCUT2D eigenvalue weighted by molar-refractivity contribution is -0.382. The molecular formula is C19H18O14. The number of benzene rings is 1. The van der Waals surface area contributed by atoms with Crippen LogP contribution in [0.15, 0.2) is 17.7 Å². The summed E-state index contributed by atoms with van der Waals surface area (Å²) in [7, 11) is 0. The Morgan fingerprint density at radius 1 is 1.00 bits per heavy atom. The van der Waals surface area contributed by atoms with Gasteiger partial charge in [0.05, 0.1) is 18.1 Å². The maximum Gasteiger partial charge on any atom is 0.339 e. The molecule has 0 aromatic heterocycles. The quantitative estimate of drug-likeness (QED) is 0.104. The molecule has 4 aliphatic rings. The number of ether oxygens (including phenoxy) is 4. The number of phenolic OH excluding ortho intramolecular Hbond substituents is 2. The van der Waals surface area contributed by atoms with Crippen molar-refractivity contribution in [3.63, 3.8) is 0 Å². The molecule has 5 rings (SSSR count). The van der Waals surface area contributed by atoms with Gasteiger partial charge < -0.3 is 59.8 Å². The topological polar surface area (TPSA) is 233 Å². The molecule has 0 saturated carbocycles. The van der Waals surface area contributed by atoms with Gasteiger partial charge in [0.1, 0.15) is 12.2 Å². The van der Waals surface area contributed by atoms with Crippen LogP contribution < -0.4 is 4.74 Å². The van der Waals surface area contributed by atoms with Gasteiger partial charge in [-0.1, -0.05) is 0 Å². The van der Waals surface area contributed by atoms with Crippen LogP contribution in [0.25, 0.3) is 0 Å². The van der Waals surface area contributed by atoms with Crippen LogP contribution in [-0.4, -0.2) is 102 Å². The second kappa shape index (κ2) is 6.77. The third kappa shape index (κ3) is 2.73. The van der Waals surface area contributed by atoms with Gasteiger partial charge in [0.2, 0.25) is 11.5 Å². The van der Waals surface area contributed by atoms with Crippen LogP contribution in [0.5, 0.6) is 17.2 Å². The number of hydrogen-bond acceptors (Lipinski definition) is 14. The highest BCUT2D eigenvalue weighted by Crippen LogP contribution is 2.58. The van der Waals surface area contributed by atoms with Crippen LogP contribution in [0.3, 0.4) is 0 Å². The summed E-state index contributed by atoms with van der Waals surface area (Å²) in [5.41, 5.74) is -1.85. The number of rotatable bonds is 0. The normalized spacial score (nSPS) is 38.8. The molecule has 3 aliphatic heterocycles. The van der Waals surface area contributed by atoms with Gasteiger partial charge in [-0.2, -0.15) is 0 Å². The molecule has 33 heavy (non-hydrogen) atoms. The second-order valence-corrected chi connectivity index (χ2v) is 8.09. The fraction of sp³-hybridized carbons (Fsp3) is 0.474. The van der Waals surface area contributed by atoms with E-state index in [0.717, 1.165) is 0 Å². The maximum absolute atomic E-state index is 13.0. The highest BCUT2D eigenvalue weighted by Gasteiger charge is 2.69. The van der Waals surface area contributed by atoms with E-state index in [1.807, 2.05) is 0 Å². The molecule has 1 aliphatic carbocycles. The number of fused-ring (bicyclic) bond motifs is 2. The number of hydrogen-bond donors (Lipinski definition) is 8. The first-order valence-corrected chi connectivity index (χ1v) is 9.63. The molecule has 0 amide bonds. The van der Waals surface area contributed by atoms with Gasteiger partial charge in [0.25, 0.3) is 5.79 Å². The van der Waals surface area contributed by atoms with Crippen molar-refractivity contribution in [2.45, 2.75) is 48.2 Å². The molecule has 14 heteroatoms. The Hall–Kier alpha value is -2.98. The molecule has 8 N–H and O–H groups in total. The number of esters is 2. The Balaban J connectivity index is 1.80. The minimum Gasteiger partial charge on any atom is -0.504 e. The zero-order chi connectivity index (χ0) is 24.0. The Bertz CT molecular complexity index is 1090. The van der Waals surface area contributed by atoms with Crippen molar-refractivity contribution in [3.05, 3.63) is 28.8 Å². The van der Waals surface area contributed by atoms with Gasteiger partial charge in [0.15, 0.2) is 30.0 Å². The van der Waals surface area contributed by atoms with Crippen LogP contribution in [0, 0.1) is 0 Å². The molecule has 2 bridgehead atoms. The highest BCUT2D eigenvalue weighted by molar-refractivity contribution is 5.98. The van der Waals surface area contributed by atoms with Crippen molar-refractivity contribution >= 4 is 11.9 Å². The second-order valence-electron chi connectivity index (χ2n) is 8.09. The predicted octanol–water partition coefficient (Wildman–Crippen LogP) is -3.60. The van der Waals surface area contributed by atoms with Crippen molar-refractivity contribution in [1.82, 2.24) is 0 Å². The maximum atomic E-state index is 13.0. The van der Waals surface area contributed by atoms with Crippen LogP contribution in [-0.2, 0) is 19.0 Å². The van der Waals surface area contributed by atoms with E-state index in [0.29, 0.717) is 12.1 Å². The number of phenols is 2. The first-order valence-electron chi connectivity index (χ1n) is 9.63. The largest absolute Gasteiger partial charge is 0.504 e. The van der Waals surface area contributed by atoms with Crippen molar-refractivity contribution in [3.8, 4) is 17.2 Å². The number of aromatic hydroxyl groups is 2. The summed E-state index contributed by atoms with van der Waals surface area (Å²) >= 11 is 0. The van der Waals surface area contributed by atoms with Crippen LogP contribution in [0.4, 0.5) is 0 Å². The lowest BCUT2D eigenvalue weighted by Gasteiger charge is -2.52. The Morgan fingerprint density at radius 3 is 2.39 bits per heavy atom. The van der Waals surface area contributed by atoms with E-state index >= 15 is 0 Å². The smallest absolute Gasteiger partial charge is 0.339 e. The molecule has 178 valence electrons. The monoisotopic (exact) mass is 470 g/mol. The third-order valence-corrected chi connectivity index (χ3v) is 6.18. The highest BCUT2D eigenvalue weighted by atomic mass is 16.7. The molecule has 0 radical (unpaired) electrons. The summed E-state index contributed by atoms with van der Waals surface area (Å²) in [5.74, 6) is -14.2. The number of carbonyl (C=O) groups is 2. The lowest BCUT2D eigenvalue weighted by Crippen LogP contribution is -2.71. The standard InChI is InChI=1S/C19H18O14/c20-6-1-4-9-10-5(2-8(21)19(29,18(10,27)28)33-14(9)11(6)22)16(25)32-13-7(31-15(4)24)3-30-17(26)12(13)23/h1-2,7-8,10,12-13,17,20-23,26-29H,3H2/t7-,8+,10+,12-,13-,17+,19+/m1/s1. The van der Waals surface area contributed by atoms with Crippen LogP contribution >= 0.6 is 0 Å². The van der Waals surface area contributed by atoms with E-state index in [4.69, 9.17) is 18.9 Å².